The lowest BCUT2D eigenvalue weighted by molar-refractivity contribution is 0.0506. The van der Waals surface area contributed by atoms with Crippen LogP contribution >= 0.6 is 0 Å². The molecule has 2 fully saturated rings. The molecule has 2 aliphatic heterocycles. The molecular formula is C19H28N2O4. The van der Waals surface area contributed by atoms with Gasteiger partial charge in [-0.2, -0.15) is 0 Å². The SMILES string of the molecule is COc1ccc(C2(CNC(=O)NC[C@H]3CCCO3)CCOCC2)cc1. The van der Waals surface area contributed by atoms with Crippen LogP contribution in [0, 0.1) is 0 Å². The van der Waals surface area contributed by atoms with Crippen LogP contribution in [0.3, 0.4) is 0 Å². The van der Waals surface area contributed by atoms with Gasteiger partial charge in [0.2, 0.25) is 0 Å². The third-order valence-electron chi connectivity index (χ3n) is 5.25. The van der Waals surface area contributed by atoms with Crippen LogP contribution in [-0.4, -0.2) is 52.2 Å². The molecule has 0 radical (unpaired) electrons. The second-order valence-electron chi connectivity index (χ2n) is 6.82. The van der Waals surface area contributed by atoms with Crippen molar-refractivity contribution in [2.75, 3.05) is 40.0 Å². The largest absolute Gasteiger partial charge is 0.497 e. The van der Waals surface area contributed by atoms with E-state index in [1.807, 2.05) is 12.1 Å². The van der Waals surface area contributed by atoms with Crippen molar-refractivity contribution in [2.45, 2.75) is 37.2 Å². The lowest BCUT2D eigenvalue weighted by atomic mass is 9.74. The minimum absolute atomic E-state index is 0.0915. The van der Waals surface area contributed by atoms with Crippen LogP contribution in [0.5, 0.6) is 5.75 Å². The third-order valence-corrected chi connectivity index (χ3v) is 5.25. The summed E-state index contributed by atoms with van der Waals surface area (Å²) in [6, 6.07) is 8.01. The molecule has 1 aromatic rings. The Morgan fingerprint density at radius 1 is 1.20 bits per heavy atom. The molecule has 6 heteroatoms. The average Bonchev–Trinajstić information content (AvgIpc) is 3.19. The Balaban J connectivity index is 1.58. The highest BCUT2D eigenvalue weighted by atomic mass is 16.5. The van der Waals surface area contributed by atoms with E-state index >= 15 is 0 Å². The van der Waals surface area contributed by atoms with E-state index < -0.39 is 0 Å². The number of nitrogens with one attached hydrogen (secondary N) is 2. The summed E-state index contributed by atoms with van der Waals surface area (Å²) >= 11 is 0. The van der Waals surface area contributed by atoms with Gasteiger partial charge >= 0.3 is 6.03 Å². The van der Waals surface area contributed by atoms with Gasteiger partial charge in [0.25, 0.3) is 0 Å². The van der Waals surface area contributed by atoms with Crippen LogP contribution in [0.25, 0.3) is 0 Å². The number of carbonyl (C=O) groups is 1. The van der Waals surface area contributed by atoms with Gasteiger partial charge in [-0.3, -0.25) is 0 Å². The second-order valence-corrected chi connectivity index (χ2v) is 6.82. The lowest BCUT2D eigenvalue weighted by Crippen LogP contribution is -2.48. The fourth-order valence-electron chi connectivity index (χ4n) is 3.60. The molecule has 2 N–H and O–H groups in total. The van der Waals surface area contributed by atoms with E-state index in [0.29, 0.717) is 26.3 Å². The Morgan fingerprint density at radius 3 is 2.60 bits per heavy atom. The van der Waals surface area contributed by atoms with Crippen LogP contribution in [0.15, 0.2) is 24.3 Å². The van der Waals surface area contributed by atoms with Crippen LogP contribution in [0.1, 0.15) is 31.2 Å². The van der Waals surface area contributed by atoms with Crippen molar-refractivity contribution in [3.8, 4) is 5.75 Å². The zero-order valence-electron chi connectivity index (χ0n) is 14.9. The predicted molar refractivity (Wildman–Crippen MR) is 95.1 cm³/mol. The number of ether oxygens (including phenoxy) is 3. The van der Waals surface area contributed by atoms with Gasteiger partial charge < -0.3 is 24.8 Å². The Hall–Kier alpha value is -1.79. The first-order chi connectivity index (χ1) is 12.2. The number of hydrogen-bond acceptors (Lipinski definition) is 4. The molecule has 0 unspecified atom stereocenters. The minimum atomic E-state index is -0.130. The number of carbonyl (C=O) groups excluding carboxylic acids is 1. The van der Waals surface area contributed by atoms with E-state index in [9.17, 15) is 4.79 Å². The Morgan fingerprint density at radius 2 is 1.96 bits per heavy atom. The van der Waals surface area contributed by atoms with Gasteiger partial charge in [0, 0.05) is 38.3 Å². The summed E-state index contributed by atoms with van der Waals surface area (Å²) in [7, 11) is 1.67. The van der Waals surface area contributed by atoms with Crippen molar-refractivity contribution >= 4 is 6.03 Å². The maximum Gasteiger partial charge on any atom is 0.314 e. The maximum absolute atomic E-state index is 12.2. The van der Waals surface area contributed by atoms with E-state index in [1.54, 1.807) is 7.11 Å². The average molecular weight is 348 g/mol. The maximum atomic E-state index is 12.2. The number of methoxy groups -OCH3 is 1. The zero-order chi connectivity index (χ0) is 17.5. The molecule has 2 heterocycles. The quantitative estimate of drug-likeness (QED) is 0.827. The molecule has 6 nitrogen and oxygen atoms in total. The Kier molecular flexibility index (Phi) is 6.15. The summed E-state index contributed by atoms with van der Waals surface area (Å²) in [5, 5.41) is 5.98. The van der Waals surface area contributed by atoms with Crippen molar-refractivity contribution in [3.05, 3.63) is 29.8 Å². The molecule has 1 atom stereocenters. The molecule has 0 bridgehead atoms. The van der Waals surface area contributed by atoms with Gasteiger partial charge in [-0.05, 0) is 43.4 Å². The van der Waals surface area contributed by atoms with Gasteiger partial charge in [0.15, 0.2) is 0 Å². The fraction of sp³-hybridized carbons (Fsp3) is 0.632. The van der Waals surface area contributed by atoms with E-state index in [-0.39, 0.29) is 17.6 Å². The van der Waals surface area contributed by atoms with Crippen LogP contribution in [-0.2, 0) is 14.9 Å². The summed E-state index contributed by atoms with van der Waals surface area (Å²) in [5.74, 6) is 0.841. The monoisotopic (exact) mass is 348 g/mol. The van der Waals surface area contributed by atoms with Crippen molar-refractivity contribution < 1.29 is 19.0 Å². The molecule has 2 amide bonds. The molecule has 1 aromatic carbocycles. The van der Waals surface area contributed by atoms with Gasteiger partial charge in [0.1, 0.15) is 5.75 Å². The molecule has 3 rings (SSSR count). The van der Waals surface area contributed by atoms with Gasteiger partial charge in [-0.1, -0.05) is 12.1 Å². The first-order valence-corrected chi connectivity index (χ1v) is 9.07. The first kappa shape index (κ1) is 18.0. The summed E-state index contributed by atoms with van der Waals surface area (Å²) in [6.45, 7) is 3.40. The van der Waals surface area contributed by atoms with E-state index in [2.05, 4.69) is 22.8 Å². The van der Waals surface area contributed by atoms with Crippen molar-refractivity contribution in [3.63, 3.8) is 0 Å². The third kappa shape index (κ3) is 4.64. The number of urea groups is 1. The lowest BCUT2D eigenvalue weighted by Gasteiger charge is -2.38. The first-order valence-electron chi connectivity index (χ1n) is 9.07. The topological polar surface area (TPSA) is 68.8 Å². The van der Waals surface area contributed by atoms with E-state index in [1.165, 1.54) is 5.56 Å². The smallest absolute Gasteiger partial charge is 0.314 e. The number of amides is 2. The summed E-state index contributed by atoms with van der Waals surface area (Å²) in [4.78, 5) is 12.2. The Bertz CT molecular complexity index is 549. The summed E-state index contributed by atoms with van der Waals surface area (Å²) in [6.07, 6.45) is 4.04. The molecule has 0 saturated carbocycles. The summed E-state index contributed by atoms with van der Waals surface area (Å²) in [5.41, 5.74) is 1.13. The van der Waals surface area contributed by atoms with Crippen LogP contribution in [0.2, 0.25) is 0 Å². The van der Waals surface area contributed by atoms with Crippen LogP contribution in [0.4, 0.5) is 4.79 Å². The fourth-order valence-corrected chi connectivity index (χ4v) is 3.60. The van der Waals surface area contributed by atoms with Gasteiger partial charge in [-0.15, -0.1) is 0 Å². The second kappa shape index (κ2) is 8.54. The minimum Gasteiger partial charge on any atom is -0.497 e. The molecule has 2 saturated heterocycles. The molecular weight excluding hydrogens is 320 g/mol. The highest BCUT2D eigenvalue weighted by Gasteiger charge is 2.35. The normalized spacial score (nSPS) is 22.4. The van der Waals surface area contributed by atoms with Crippen molar-refractivity contribution in [1.29, 1.82) is 0 Å². The summed E-state index contributed by atoms with van der Waals surface area (Å²) < 4.78 is 16.3. The number of hydrogen-bond donors (Lipinski definition) is 2. The molecule has 0 aromatic heterocycles. The molecule has 0 aliphatic carbocycles. The molecule has 2 aliphatic rings. The Labute approximate surface area is 149 Å². The van der Waals surface area contributed by atoms with E-state index in [4.69, 9.17) is 14.2 Å². The number of benzene rings is 1. The standard InChI is InChI=1S/C19H28N2O4/c1-23-16-6-4-15(5-7-16)19(8-11-24-12-9-19)14-21-18(22)20-13-17-3-2-10-25-17/h4-7,17H,2-3,8-14H2,1H3,(H2,20,21,22)/t17-/m1/s1. The van der Waals surface area contributed by atoms with Crippen molar-refractivity contribution in [2.24, 2.45) is 0 Å². The van der Waals surface area contributed by atoms with Crippen molar-refractivity contribution in [1.82, 2.24) is 10.6 Å². The zero-order valence-corrected chi connectivity index (χ0v) is 14.9. The molecule has 0 spiro atoms. The highest BCUT2D eigenvalue weighted by Crippen LogP contribution is 2.35. The predicted octanol–water partition coefficient (Wildman–Crippen LogP) is 2.22. The molecule has 25 heavy (non-hydrogen) atoms. The van der Waals surface area contributed by atoms with Crippen LogP contribution < -0.4 is 15.4 Å². The van der Waals surface area contributed by atoms with Gasteiger partial charge in [-0.25, -0.2) is 4.79 Å². The number of rotatable bonds is 6. The van der Waals surface area contributed by atoms with E-state index in [0.717, 1.165) is 38.0 Å². The molecule has 138 valence electrons. The van der Waals surface area contributed by atoms with Gasteiger partial charge in [0.05, 0.1) is 13.2 Å². The highest BCUT2D eigenvalue weighted by molar-refractivity contribution is 5.74.